The van der Waals surface area contributed by atoms with Gasteiger partial charge in [-0.25, -0.2) is 0 Å². The van der Waals surface area contributed by atoms with E-state index in [0.717, 1.165) is 42.5 Å². The molecule has 0 N–H and O–H groups in total. The van der Waals surface area contributed by atoms with E-state index in [1.807, 2.05) is 28.9 Å². The number of rotatable bonds is 0. The molecule has 2 saturated heterocycles. The number of fused-ring (bicyclic) bond motifs is 1. The molecule has 0 radical (unpaired) electrons. The van der Waals surface area contributed by atoms with Crippen LogP contribution in [0.2, 0.25) is 0 Å². The fraction of sp³-hybridized carbons (Fsp3) is 0.500. The summed E-state index contributed by atoms with van der Waals surface area (Å²) >= 11 is 0. The molecule has 3 heterocycles. The van der Waals surface area contributed by atoms with Gasteiger partial charge < -0.3 is 12.6 Å². The zero-order valence-corrected chi connectivity index (χ0v) is 13.1. The molecular formula is C16H23N5O. The Morgan fingerprint density at radius 3 is 2.45 bits per heavy atom. The van der Waals surface area contributed by atoms with Crippen molar-refractivity contribution in [1.29, 1.82) is 0 Å². The first-order valence-electron chi connectivity index (χ1n) is 7.79. The van der Waals surface area contributed by atoms with Gasteiger partial charge in [0, 0.05) is 0 Å². The third kappa shape index (κ3) is 2.32. The summed E-state index contributed by atoms with van der Waals surface area (Å²) in [5, 5.41) is 16.3. The molecule has 2 fully saturated rings. The van der Waals surface area contributed by atoms with Crippen LogP contribution in [-0.2, 0) is 0 Å². The van der Waals surface area contributed by atoms with Gasteiger partial charge in [-0.15, -0.1) is 4.85 Å². The molecule has 0 amide bonds. The molecule has 0 spiro atoms. The van der Waals surface area contributed by atoms with Gasteiger partial charge in [-0.3, -0.25) is 9.48 Å². The highest BCUT2D eigenvalue weighted by Gasteiger charge is 2.32. The predicted octanol–water partition coefficient (Wildman–Crippen LogP) is 1.23. The fourth-order valence-corrected chi connectivity index (χ4v) is 3.43. The highest BCUT2D eigenvalue weighted by atomic mass is 16.5. The quantitative estimate of drug-likeness (QED) is 0.318. The molecule has 2 aromatic rings. The van der Waals surface area contributed by atoms with Crippen molar-refractivity contribution in [2.24, 2.45) is 0 Å². The topological polar surface area (TPSA) is 51.0 Å². The average Bonchev–Trinajstić information content (AvgIpc) is 3.24. The molecule has 118 valence electrons. The van der Waals surface area contributed by atoms with Crippen LogP contribution < -0.4 is 4.85 Å². The van der Waals surface area contributed by atoms with E-state index >= 15 is 0 Å². The Morgan fingerprint density at radius 2 is 1.73 bits per heavy atom. The van der Waals surface area contributed by atoms with E-state index in [1.165, 1.54) is 25.7 Å². The van der Waals surface area contributed by atoms with Gasteiger partial charge in [-0.2, -0.15) is 0 Å². The lowest BCUT2D eigenvalue weighted by Gasteiger charge is -2.15. The van der Waals surface area contributed by atoms with Crippen LogP contribution in [0.5, 0.6) is 0 Å². The number of nitrogens with zero attached hydrogens (tertiary/aromatic N) is 5. The predicted molar refractivity (Wildman–Crippen MR) is 85.5 cm³/mol. The largest absolute Gasteiger partial charge is 0.691 e. The van der Waals surface area contributed by atoms with Crippen LogP contribution in [0, 0.1) is 12.6 Å². The van der Waals surface area contributed by atoms with Gasteiger partial charge >= 0.3 is 5.96 Å². The second-order valence-electron chi connectivity index (χ2n) is 5.85. The van der Waals surface area contributed by atoms with Gasteiger partial charge in [-0.05, 0) is 37.8 Å². The number of likely N-dealkylation sites (tertiary alicyclic amines) is 1. The molecule has 2 aliphatic heterocycles. The molecular weight excluding hydrogens is 278 g/mol. The zero-order valence-electron chi connectivity index (χ0n) is 13.1. The van der Waals surface area contributed by atoms with Crippen LogP contribution in [0.25, 0.3) is 11.0 Å². The lowest BCUT2D eigenvalue weighted by atomic mass is 10.3. The highest BCUT2D eigenvalue weighted by molar-refractivity contribution is 5.87. The molecule has 0 unspecified atom stereocenters. The Balaban J connectivity index is 0.00000144. The fourth-order valence-electron chi connectivity index (χ4n) is 3.43. The minimum absolute atomic E-state index is 0. The van der Waals surface area contributed by atoms with Gasteiger partial charge in [0.2, 0.25) is 0 Å². The SMILES string of the molecule is [CH3-].[O-][n+]1nn(C(N2CCCC2)=[N+]2CCCC2)c2ccccc21. The lowest BCUT2D eigenvalue weighted by Crippen LogP contribution is -2.43. The van der Waals surface area contributed by atoms with Crippen LogP contribution >= 0.6 is 0 Å². The maximum atomic E-state index is 12.1. The summed E-state index contributed by atoms with van der Waals surface area (Å²) in [6.45, 7) is 4.22. The van der Waals surface area contributed by atoms with Gasteiger partial charge in [0.05, 0.1) is 31.4 Å². The van der Waals surface area contributed by atoms with E-state index in [2.05, 4.69) is 14.7 Å². The molecule has 2 aliphatic rings. The number of hydrogen-bond acceptors (Lipinski definition) is 2. The van der Waals surface area contributed by atoms with Crippen LogP contribution in [0.15, 0.2) is 24.3 Å². The van der Waals surface area contributed by atoms with Crippen molar-refractivity contribution in [2.45, 2.75) is 25.7 Å². The van der Waals surface area contributed by atoms with Crippen molar-refractivity contribution in [3.05, 3.63) is 36.9 Å². The van der Waals surface area contributed by atoms with Gasteiger partial charge in [-0.1, -0.05) is 16.8 Å². The Morgan fingerprint density at radius 1 is 1.05 bits per heavy atom. The number of para-hydroxylation sites is 2. The second-order valence-corrected chi connectivity index (χ2v) is 5.85. The highest BCUT2D eigenvalue weighted by Crippen LogP contribution is 2.15. The van der Waals surface area contributed by atoms with E-state index in [-0.39, 0.29) is 7.43 Å². The minimum atomic E-state index is 0. The molecule has 1 aromatic carbocycles. The summed E-state index contributed by atoms with van der Waals surface area (Å²) in [5.74, 6) is 1.09. The van der Waals surface area contributed by atoms with E-state index in [9.17, 15) is 5.21 Å². The van der Waals surface area contributed by atoms with Crippen molar-refractivity contribution >= 4 is 17.0 Å². The average molecular weight is 301 g/mol. The number of hydrogen-bond donors (Lipinski definition) is 0. The molecule has 4 rings (SSSR count). The Hall–Kier alpha value is -2.11. The molecule has 6 heteroatoms. The first-order valence-corrected chi connectivity index (χ1v) is 7.79. The van der Waals surface area contributed by atoms with Gasteiger partial charge in [0.15, 0.2) is 11.0 Å². The minimum Gasteiger partial charge on any atom is -0.691 e. The van der Waals surface area contributed by atoms with Crippen LogP contribution in [0.3, 0.4) is 0 Å². The maximum Gasteiger partial charge on any atom is 0.382 e. The molecule has 0 atom stereocenters. The molecule has 22 heavy (non-hydrogen) atoms. The third-order valence-electron chi connectivity index (χ3n) is 4.45. The van der Waals surface area contributed by atoms with Crippen molar-refractivity contribution < 1.29 is 9.42 Å². The van der Waals surface area contributed by atoms with Gasteiger partial charge in [0.25, 0.3) is 0 Å². The Labute approximate surface area is 130 Å². The van der Waals surface area contributed by atoms with E-state index in [4.69, 9.17) is 0 Å². The summed E-state index contributed by atoms with van der Waals surface area (Å²) in [7, 11) is 0. The summed E-state index contributed by atoms with van der Waals surface area (Å²) in [6.07, 6.45) is 4.86. The van der Waals surface area contributed by atoms with Crippen molar-refractivity contribution in [3.63, 3.8) is 0 Å². The maximum absolute atomic E-state index is 12.1. The first-order chi connectivity index (χ1) is 10.3. The Bertz CT molecular complexity index is 692. The molecule has 1 aromatic heterocycles. The van der Waals surface area contributed by atoms with Crippen LogP contribution in [0.1, 0.15) is 25.7 Å². The lowest BCUT2D eigenvalue weighted by molar-refractivity contribution is -0.646. The second kappa shape index (κ2) is 5.94. The van der Waals surface area contributed by atoms with Gasteiger partial charge in [0.1, 0.15) is 0 Å². The summed E-state index contributed by atoms with van der Waals surface area (Å²) in [4.78, 5) is 3.12. The molecule has 0 aliphatic carbocycles. The first kappa shape index (κ1) is 14.8. The van der Waals surface area contributed by atoms with Crippen molar-refractivity contribution in [1.82, 2.24) is 14.8 Å². The van der Waals surface area contributed by atoms with Crippen LogP contribution in [0.4, 0.5) is 0 Å². The monoisotopic (exact) mass is 301 g/mol. The normalized spacial score (nSPS) is 18.0. The van der Waals surface area contributed by atoms with E-state index in [1.54, 1.807) is 0 Å². The third-order valence-corrected chi connectivity index (χ3v) is 4.45. The Kier molecular flexibility index (Phi) is 4.00. The molecule has 0 bridgehead atoms. The number of aromatic nitrogens is 3. The summed E-state index contributed by atoms with van der Waals surface area (Å²) in [5.41, 5.74) is 1.52. The van der Waals surface area contributed by atoms with E-state index in [0.29, 0.717) is 5.52 Å². The summed E-state index contributed by atoms with van der Waals surface area (Å²) < 4.78 is 4.23. The standard InChI is InChI=1S/C15H20N5O.CH3/c21-20-14-8-2-1-7-13(14)19(16-20)15(17-9-3-4-10-17)18-11-5-6-12-18;/h1-2,7-8H,3-6,9-12H2;1H3/q+1;-1. The van der Waals surface area contributed by atoms with Crippen molar-refractivity contribution in [3.8, 4) is 0 Å². The molecule has 6 nitrogen and oxygen atoms in total. The van der Waals surface area contributed by atoms with Crippen molar-refractivity contribution in [2.75, 3.05) is 26.2 Å². The van der Waals surface area contributed by atoms with E-state index < -0.39 is 0 Å². The summed E-state index contributed by atoms with van der Waals surface area (Å²) in [6, 6.07) is 7.65. The number of benzene rings is 1. The smallest absolute Gasteiger partial charge is 0.382 e. The zero-order chi connectivity index (χ0) is 14.2. The molecule has 0 saturated carbocycles. The van der Waals surface area contributed by atoms with Crippen LogP contribution in [-0.4, -0.2) is 51.5 Å².